The summed E-state index contributed by atoms with van der Waals surface area (Å²) >= 11 is 0. The minimum Gasteiger partial charge on any atom is -0.458 e. The maximum absolute atomic E-state index is 12.4. The molecule has 1 fully saturated rings. The van der Waals surface area contributed by atoms with E-state index >= 15 is 0 Å². The minimum atomic E-state index is -1.58. The third-order valence-electron chi connectivity index (χ3n) is 5.31. The molecule has 3 heterocycles. The monoisotopic (exact) mass is 360 g/mol. The molecule has 0 saturated carbocycles. The second-order valence-corrected chi connectivity index (χ2v) is 7.33. The van der Waals surface area contributed by atoms with Crippen LogP contribution in [0.1, 0.15) is 34.1 Å². The molecule has 0 amide bonds. The Balaban J connectivity index is 2.04. The van der Waals surface area contributed by atoms with Gasteiger partial charge < -0.3 is 19.3 Å². The van der Waals surface area contributed by atoms with Crippen LogP contribution in [0.2, 0.25) is 0 Å². The predicted molar refractivity (Wildman–Crippen MR) is 93.8 cm³/mol. The summed E-state index contributed by atoms with van der Waals surface area (Å²) in [5.41, 5.74) is 0.367. The average Bonchev–Trinajstić information content (AvgIpc) is 3.03. The summed E-state index contributed by atoms with van der Waals surface area (Å²) in [4.78, 5) is 24.5. The first kappa shape index (κ1) is 18.6. The molecule has 26 heavy (non-hydrogen) atoms. The van der Waals surface area contributed by atoms with Gasteiger partial charge in [0, 0.05) is 17.6 Å². The van der Waals surface area contributed by atoms with Crippen molar-refractivity contribution in [2.75, 3.05) is 0 Å². The third-order valence-corrected chi connectivity index (χ3v) is 5.31. The smallest absolute Gasteiger partial charge is 0.334 e. The van der Waals surface area contributed by atoms with Crippen molar-refractivity contribution in [1.82, 2.24) is 0 Å². The summed E-state index contributed by atoms with van der Waals surface area (Å²) in [6.07, 6.45) is 5.52. The number of hydrogen-bond donors (Lipinski definition) is 1. The van der Waals surface area contributed by atoms with Crippen molar-refractivity contribution in [3.63, 3.8) is 0 Å². The molecule has 0 aromatic rings. The summed E-state index contributed by atoms with van der Waals surface area (Å²) in [6.45, 7) is 10.8. The van der Waals surface area contributed by atoms with Crippen LogP contribution in [0.5, 0.6) is 0 Å². The second-order valence-electron chi connectivity index (χ2n) is 7.33. The van der Waals surface area contributed by atoms with Gasteiger partial charge in [-0.15, -0.1) is 0 Å². The number of rotatable bonds is 2. The minimum absolute atomic E-state index is 0.256. The van der Waals surface area contributed by atoms with E-state index in [0.29, 0.717) is 11.1 Å². The molecular weight excluding hydrogens is 336 g/mol. The number of carbonyl (C=O) groups excluding carboxylic acids is 2. The zero-order valence-corrected chi connectivity index (χ0v) is 15.4. The molecule has 1 saturated heterocycles. The first-order chi connectivity index (χ1) is 12.1. The van der Waals surface area contributed by atoms with E-state index in [0.717, 1.165) is 0 Å². The number of fused-ring (bicyclic) bond motifs is 3. The highest BCUT2D eigenvalue weighted by Gasteiger charge is 2.52. The van der Waals surface area contributed by atoms with Gasteiger partial charge in [-0.3, -0.25) is 0 Å². The van der Waals surface area contributed by atoms with Gasteiger partial charge in [0.25, 0.3) is 0 Å². The van der Waals surface area contributed by atoms with Crippen molar-refractivity contribution >= 4 is 11.9 Å². The largest absolute Gasteiger partial charge is 0.458 e. The zero-order valence-electron chi connectivity index (χ0n) is 15.4. The molecular formula is C20H24O6. The number of carbonyl (C=O) groups is 2. The van der Waals surface area contributed by atoms with Crippen LogP contribution in [-0.4, -0.2) is 40.6 Å². The molecule has 1 N–H and O–H groups in total. The van der Waals surface area contributed by atoms with Crippen LogP contribution in [0.15, 0.2) is 47.6 Å². The van der Waals surface area contributed by atoms with Gasteiger partial charge in [0.1, 0.15) is 12.2 Å². The summed E-state index contributed by atoms with van der Waals surface area (Å²) < 4.78 is 17.0. The molecule has 0 radical (unpaired) electrons. The fraction of sp³-hybridized carbons (Fsp3) is 0.500. The van der Waals surface area contributed by atoms with Gasteiger partial charge in [-0.1, -0.05) is 18.7 Å². The zero-order chi connectivity index (χ0) is 19.3. The molecule has 0 aromatic carbocycles. The quantitative estimate of drug-likeness (QED) is 0.462. The van der Waals surface area contributed by atoms with E-state index in [4.69, 9.17) is 14.2 Å². The van der Waals surface area contributed by atoms with Crippen LogP contribution in [0.4, 0.5) is 0 Å². The Kier molecular flexibility index (Phi) is 4.45. The van der Waals surface area contributed by atoms with Gasteiger partial charge in [-0.2, -0.15) is 0 Å². The molecule has 0 spiro atoms. The molecule has 5 atom stereocenters. The fourth-order valence-electron chi connectivity index (χ4n) is 3.57. The Morgan fingerprint density at radius 1 is 1.46 bits per heavy atom. The molecule has 140 valence electrons. The van der Waals surface area contributed by atoms with Crippen LogP contribution in [0.25, 0.3) is 0 Å². The van der Waals surface area contributed by atoms with Crippen molar-refractivity contribution in [3.8, 4) is 0 Å². The van der Waals surface area contributed by atoms with Gasteiger partial charge in [-0.05, 0) is 45.4 Å². The number of aliphatic hydroxyl groups is 1. The van der Waals surface area contributed by atoms with Gasteiger partial charge >= 0.3 is 11.9 Å². The van der Waals surface area contributed by atoms with E-state index in [1.165, 1.54) is 0 Å². The van der Waals surface area contributed by atoms with E-state index in [1.54, 1.807) is 52.0 Å². The van der Waals surface area contributed by atoms with E-state index < -0.39 is 41.5 Å². The van der Waals surface area contributed by atoms with Crippen molar-refractivity contribution in [2.45, 2.75) is 57.7 Å². The van der Waals surface area contributed by atoms with E-state index in [-0.39, 0.29) is 12.0 Å². The lowest BCUT2D eigenvalue weighted by molar-refractivity contribution is -0.188. The van der Waals surface area contributed by atoms with Crippen LogP contribution < -0.4 is 0 Å². The predicted octanol–water partition coefficient (Wildman–Crippen LogP) is 2.35. The normalized spacial score (nSPS) is 41.5. The maximum Gasteiger partial charge on any atom is 0.334 e. The first-order valence-corrected chi connectivity index (χ1v) is 8.64. The molecule has 3 aliphatic rings. The highest BCUT2D eigenvalue weighted by atomic mass is 16.6. The van der Waals surface area contributed by atoms with Gasteiger partial charge in [0.2, 0.25) is 5.79 Å². The second kappa shape index (κ2) is 6.21. The van der Waals surface area contributed by atoms with Crippen molar-refractivity contribution in [2.24, 2.45) is 5.92 Å². The highest BCUT2D eigenvalue weighted by molar-refractivity contribution is 5.92. The summed E-state index contributed by atoms with van der Waals surface area (Å²) in [6, 6.07) is 0. The Labute approximate surface area is 152 Å². The Morgan fingerprint density at radius 3 is 2.81 bits per heavy atom. The van der Waals surface area contributed by atoms with Crippen LogP contribution in [0, 0.1) is 5.92 Å². The van der Waals surface area contributed by atoms with Gasteiger partial charge in [0.05, 0.1) is 11.5 Å². The molecule has 2 bridgehead atoms. The number of esters is 2. The van der Waals surface area contributed by atoms with Gasteiger partial charge in [0.15, 0.2) is 0 Å². The Bertz CT molecular complexity index is 760. The van der Waals surface area contributed by atoms with Crippen molar-refractivity contribution in [3.05, 3.63) is 47.6 Å². The molecule has 0 aliphatic carbocycles. The number of allylic oxidation sites excluding steroid dienone is 1. The fourth-order valence-corrected chi connectivity index (χ4v) is 3.57. The first-order valence-electron chi connectivity index (χ1n) is 8.64. The van der Waals surface area contributed by atoms with Crippen LogP contribution in [0.3, 0.4) is 0 Å². The third kappa shape index (κ3) is 3.04. The number of ether oxygens (including phenoxy) is 3. The molecule has 0 unspecified atom stereocenters. The molecule has 3 aliphatic heterocycles. The topological polar surface area (TPSA) is 82.1 Å². The highest BCUT2D eigenvalue weighted by Crippen LogP contribution is 2.44. The maximum atomic E-state index is 12.4. The standard InChI is InChI=1S/C20H24O6/c1-6-11(2)17(21)25-15-10-19(5)7-8-20(23,26-19)12(3)9-14-16(15)13(4)18(22)24-14/h6-9,14-16,23H,4,10H2,1-3,5H3/b11-6-,12-9-/t14-,15-,16+,19+,20+/m1/s1. The van der Waals surface area contributed by atoms with E-state index in [2.05, 4.69) is 6.58 Å². The van der Waals surface area contributed by atoms with Crippen LogP contribution >= 0.6 is 0 Å². The SMILES string of the molecule is C=C1C(=O)O[C@@H]2/C=C(/C)[C@]3(O)C=C[C@@](C)(C[C@@H](OC(=O)/C(C)=C\C)[C@@H]12)O3. The molecule has 0 aromatic heterocycles. The molecule has 3 rings (SSSR count). The summed E-state index contributed by atoms with van der Waals surface area (Å²) in [7, 11) is 0. The summed E-state index contributed by atoms with van der Waals surface area (Å²) in [5.74, 6) is -3.10. The Morgan fingerprint density at radius 2 is 2.15 bits per heavy atom. The van der Waals surface area contributed by atoms with E-state index in [1.807, 2.05) is 0 Å². The van der Waals surface area contributed by atoms with Gasteiger partial charge in [-0.25, -0.2) is 9.59 Å². The molecule has 6 nitrogen and oxygen atoms in total. The lowest BCUT2D eigenvalue weighted by atomic mass is 9.83. The lowest BCUT2D eigenvalue weighted by Crippen LogP contribution is -2.40. The van der Waals surface area contributed by atoms with Crippen molar-refractivity contribution in [1.29, 1.82) is 0 Å². The van der Waals surface area contributed by atoms with Crippen LogP contribution in [-0.2, 0) is 23.8 Å². The Hall–Kier alpha value is -2.18. The van der Waals surface area contributed by atoms with Crippen molar-refractivity contribution < 1.29 is 28.9 Å². The summed E-state index contributed by atoms with van der Waals surface area (Å²) in [5, 5.41) is 10.8. The van der Waals surface area contributed by atoms with E-state index in [9.17, 15) is 14.7 Å². The molecule has 6 heteroatoms. The lowest BCUT2D eigenvalue weighted by Gasteiger charge is -2.33. The number of hydrogen-bond acceptors (Lipinski definition) is 6. The average molecular weight is 360 g/mol.